The van der Waals surface area contributed by atoms with Crippen LogP contribution in [0.3, 0.4) is 0 Å². The number of carbonyl (C=O) groups is 1. The lowest BCUT2D eigenvalue weighted by Gasteiger charge is -2.12. The first-order chi connectivity index (χ1) is 13.0. The number of hydrogen-bond donors (Lipinski definition) is 3. The fraction of sp³-hybridized carbons (Fsp3) is 0.190. The SMILES string of the molecule is Cl.O=C(O)c1ccc(-c2ccc(CCNC[C@@H](O)c3cccc(Cl)c3)cc2)s1. The highest BCUT2D eigenvalue weighted by Gasteiger charge is 2.09. The molecule has 3 aromatic rings. The highest BCUT2D eigenvalue weighted by molar-refractivity contribution is 7.17. The summed E-state index contributed by atoms with van der Waals surface area (Å²) in [5.41, 5.74) is 3.00. The molecule has 2 aromatic carbocycles. The van der Waals surface area contributed by atoms with Gasteiger partial charge in [-0.05, 0) is 53.9 Å². The first kappa shape index (κ1) is 22.4. The molecule has 0 amide bonds. The molecule has 1 atom stereocenters. The van der Waals surface area contributed by atoms with Gasteiger partial charge >= 0.3 is 5.97 Å². The third kappa shape index (κ3) is 6.06. The summed E-state index contributed by atoms with van der Waals surface area (Å²) in [6.07, 6.45) is 0.251. The van der Waals surface area contributed by atoms with E-state index < -0.39 is 12.1 Å². The maximum Gasteiger partial charge on any atom is 0.345 e. The van der Waals surface area contributed by atoms with Gasteiger partial charge in [0.05, 0.1) is 6.10 Å². The molecular formula is C21H21Cl2NO3S. The molecule has 0 aliphatic heterocycles. The number of aromatic carboxylic acids is 1. The van der Waals surface area contributed by atoms with Crippen molar-refractivity contribution in [1.29, 1.82) is 0 Å². The van der Waals surface area contributed by atoms with Crippen molar-refractivity contribution in [2.75, 3.05) is 13.1 Å². The van der Waals surface area contributed by atoms with Gasteiger partial charge in [0.2, 0.25) is 0 Å². The minimum absolute atomic E-state index is 0. The first-order valence-electron chi connectivity index (χ1n) is 8.59. The van der Waals surface area contributed by atoms with Gasteiger partial charge < -0.3 is 15.5 Å². The van der Waals surface area contributed by atoms with E-state index in [1.807, 2.05) is 42.5 Å². The molecular weight excluding hydrogens is 417 g/mol. The van der Waals surface area contributed by atoms with Crippen LogP contribution in [0, 0.1) is 0 Å². The van der Waals surface area contributed by atoms with E-state index in [4.69, 9.17) is 16.7 Å². The number of halogens is 2. The summed E-state index contributed by atoms with van der Waals surface area (Å²) < 4.78 is 0. The van der Waals surface area contributed by atoms with E-state index >= 15 is 0 Å². The van der Waals surface area contributed by atoms with Gasteiger partial charge in [-0.3, -0.25) is 0 Å². The second-order valence-electron chi connectivity index (χ2n) is 6.19. The van der Waals surface area contributed by atoms with Crippen LogP contribution >= 0.6 is 35.3 Å². The molecule has 0 aliphatic rings. The fourth-order valence-corrected chi connectivity index (χ4v) is 3.80. The van der Waals surface area contributed by atoms with Crippen LogP contribution < -0.4 is 5.32 Å². The summed E-state index contributed by atoms with van der Waals surface area (Å²) in [5, 5.41) is 23.1. The fourth-order valence-electron chi connectivity index (χ4n) is 2.75. The average molecular weight is 438 g/mol. The molecule has 0 unspecified atom stereocenters. The Kier molecular flexibility index (Phi) is 8.48. The summed E-state index contributed by atoms with van der Waals surface area (Å²) in [5.74, 6) is -0.895. The average Bonchev–Trinajstić information content (AvgIpc) is 3.16. The molecule has 0 radical (unpaired) electrons. The first-order valence-corrected chi connectivity index (χ1v) is 9.79. The quantitative estimate of drug-likeness (QED) is 0.431. The Bertz CT molecular complexity index is 912. The van der Waals surface area contributed by atoms with Crippen molar-refractivity contribution in [2.24, 2.45) is 0 Å². The maximum absolute atomic E-state index is 11.0. The second kappa shape index (κ2) is 10.6. The Morgan fingerprint density at radius 1 is 1.11 bits per heavy atom. The summed E-state index contributed by atoms with van der Waals surface area (Å²) in [6, 6.07) is 18.8. The summed E-state index contributed by atoms with van der Waals surface area (Å²) >= 11 is 7.22. The van der Waals surface area contributed by atoms with Crippen molar-refractivity contribution in [3.8, 4) is 10.4 Å². The third-order valence-electron chi connectivity index (χ3n) is 4.22. The maximum atomic E-state index is 11.0. The minimum Gasteiger partial charge on any atom is -0.477 e. The predicted octanol–water partition coefficient (Wildman–Crippen LogP) is 5.05. The third-order valence-corrected chi connectivity index (χ3v) is 5.57. The van der Waals surface area contributed by atoms with Crippen LogP contribution in [0.1, 0.15) is 26.9 Å². The number of aliphatic hydroxyl groups excluding tert-OH is 1. The topological polar surface area (TPSA) is 69.6 Å². The molecule has 3 N–H and O–H groups in total. The second-order valence-corrected chi connectivity index (χ2v) is 7.71. The number of carboxylic acids is 1. The largest absolute Gasteiger partial charge is 0.477 e. The van der Waals surface area contributed by atoms with Gasteiger partial charge in [0.1, 0.15) is 4.88 Å². The molecule has 4 nitrogen and oxygen atoms in total. The van der Waals surface area contributed by atoms with Crippen molar-refractivity contribution in [1.82, 2.24) is 5.32 Å². The Balaban J connectivity index is 0.00000280. The number of carboxylic acid groups (broad SMARTS) is 1. The molecule has 0 aliphatic carbocycles. The van der Waals surface area contributed by atoms with Gasteiger partial charge in [-0.1, -0.05) is 48.0 Å². The van der Waals surface area contributed by atoms with E-state index in [0.717, 1.165) is 29.0 Å². The smallest absolute Gasteiger partial charge is 0.345 e. The van der Waals surface area contributed by atoms with Crippen molar-refractivity contribution in [3.05, 3.63) is 81.7 Å². The van der Waals surface area contributed by atoms with Gasteiger partial charge in [-0.25, -0.2) is 4.79 Å². The Hall–Kier alpha value is -1.89. The van der Waals surface area contributed by atoms with Crippen LogP contribution in [0.25, 0.3) is 10.4 Å². The molecule has 0 saturated heterocycles. The Labute approximate surface area is 179 Å². The zero-order valence-corrected chi connectivity index (χ0v) is 17.4. The molecule has 1 heterocycles. The Morgan fingerprint density at radius 2 is 1.86 bits per heavy atom. The number of thiophene rings is 1. The van der Waals surface area contributed by atoms with Gasteiger partial charge in [0.25, 0.3) is 0 Å². The van der Waals surface area contributed by atoms with E-state index in [0.29, 0.717) is 16.4 Å². The van der Waals surface area contributed by atoms with Crippen molar-refractivity contribution < 1.29 is 15.0 Å². The van der Waals surface area contributed by atoms with Crippen LogP contribution in [-0.4, -0.2) is 29.3 Å². The van der Waals surface area contributed by atoms with E-state index in [2.05, 4.69) is 5.32 Å². The van der Waals surface area contributed by atoms with E-state index in [9.17, 15) is 9.90 Å². The van der Waals surface area contributed by atoms with Gasteiger partial charge in [0.15, 0.2) is 0 Å². The molecule has 0 saturated carbocycles. The number of rotatable bonds is 8. The molecule has 3 rings (SSSR count). The van der Waals surface area contributed by atoms with Gasteiger partial charge in [-0.2, -0.15) is 0 Å². The normalized spacial score (nSPS) is 11.6. The van der Waals surface area contributed by atoms with E-state index in [1.54, 1.807) is 18.2 Å². The van der Waals surface area contributed by atoms with Crippen LogP contribution in [-0.2, 0) is 6.42 Å². The molecule has 148 valence electrons. The standard InChI is InChI=1S/C21H20ClNO3S.ClH/c22-17-3-1-2-16(12-17)18(24)13-23-11-10-14-4-6-15(7-5-14)19-8-9-20(27-19)21(25)26;/h1-9,12,18,23-24H,10-11,13H2,(H,25,26);1H/t18-;/m1./s1. The highest BCUT2D eigenvalue weighted by Crippen LogP contribution is 2.28. The predicted molar refractivity (Wildman–Crippen MR) is 117 cm³/mol. The molecule has 0 fully saturated rings. The zero-order chi connectivity index (χ0) is 19.2. The van der Waals surface area contributed by atoms with Gasteiger partial charge in [-0.15, -0.1) is 23.7 Å². The zero-order valence-electron chi connectivity index (χ0n) is 15.0. The lowest BCUT2D eigenvalue weighted by molar-refractivity contribution is 0.0702. The lowest BCUT2D eigenvalue weighted by atomic mass is 10.1. The van der Waals surface area contributed by atoms with E-state index in [1.165, 1.54) is 16.9 Å². The van der Waals surface area contributed by atoms with Gasteiger partial charge in [0, 0.05) is 16.4 Å². The van der Waals surface area contributed by atoms with Crippen molar-refractivity contribution in [3.63, 3.8) is 0 Å². The molecule has 28 heavy (non-hydrogen) atoms. The molecule has 0 spiro atoms. The Morgan fingerprint density at radius 3 is 2.50 bits per heavy atom. The molecule has 7 heteroatoms. The highest BCUT2D eigenvalue weighted by atomic mass is 35.5. The lowest BCUT2D eigenvalue weighted by Crippen LogP contribution is -2.23. The van der Waals surface area contributed by atoms with Crippen molar-refractivity contribution in [2.45, 2.75) is 12.5 Å². The number of hydrogen-bond acceptors (Lipinski definition) is 4. The summed E-state index contributed by atoms with van der Waals surface area (Å²) in [6.45, 7) is 1.21. The summed E-state index contributed by atoms with van der Waals surface area (Å²) in [7, 11) is 0. The van der Waals surface area contributed by atoms with E-state index in [-0.39, 0.29) is 12.4 Å². The van der Waals surface area contributed by atoms with Crippen molar-refractivity contribution >= 4 is 41.3 Å². The van der Waals surface area contributed by atoms with Crippen LogP contribution in [0.4, 0.5) is 0 Å². The number of aliphatic hydroxyl groups is 1. The molecule has 0 bridgehead atoms. The molecule has 1 aromatic heterocycles. The monoisotopic (exact) mass is 437 g/mol. The van der Waals surface area contributed by atoms with Crippen LogP contribution in [0.15, 0.2) is 60.7 Å². The minimum atomic E-state index is -0.895. The number of benzene rings is 2. The van der Waals surface area contributed by atoms with Crippen LogP contribution in [0.5, 0.6) is 0 Å². The summed E-state index contributed by atoms with van der Waals surface area (Å²) in [4.78, 5) is 12.3. The number of nitrogens with one attached hydrogen (secondary N) is 1. The van der Waals surface area contributed by atoms with Crippen LogP contribution in [0.2, 0.25) is 5.02 Å².